The quantitative estimate of drug-likeness (QED) is 0.232. The summed E-state index contributed by atoms with van der Waals surface area (Å²) in [6.07, 6.45) is 1.94. The van der Waals surface area contributed by atoms with Crippen molar-refractivity contribution in [3.05, 3.63) is 114 Å². The molecule has 6 nitrogen and oxygen atoms in total. The molecule has 3 amide bonds. The second kappa shape index (κ2) is 12.8. The highest BCUT2D eigenvalue weighted by atomic mass is 16.2. The minimum absolute atomic E-state index is 0.0000271. The van der Waals surface area contributed by atoms with Gasteiger partial charge in [-0.15, -0.1) is 0 Å². The summed E-state index contributed by atoms with van der Waals surface area (Å²) in [5.41, 5.74) is 3.56. The molecule has 0 aromatic heterocycles. The number of carbonyl (C=O) groups is 3. The van der Waals surface area contributed by atoms with Crippen LogP contribution in [-0.4, -0.2) is 41.2 Å². The van der Waals surface area contributed by atoms with Gasteiger partial charge in [-0.25, -0.2) is 0 Å². The molecule has 0 aliphatic carbocycles. The van der Waals surface area contributed by atoms with Crippen molar-refractivity contribution in [1.82, 2.24) is 10.2 Å². The van der Waals surface area contributed by atoms with E-state index in [1.807, 2.05) is 111 Å². The molecule has 4 aromatic rings. The van der Waals surface area contributed by atoms with Crippen LogP contribution in [0.15, 0.2) is 97.1 Å². The van der Waals surface area contributed by atoms with Gasteiger partial charge in [0, 0.05) is 42.9 Å². The summed E-state index contributed by atoms with van der Waals surface area (Å²) in [7, 11) is 0. The van der Waals surface area contributed by atoms with Crippen molar-refractivity contribution < 1.29 is 14.4 Å². The largest absolute Gasteiger partial charge is 0.352 e. The lowest BCUT2D eigenvalue weighted by atomic mass is 10.0. The van der Waals surface area contributed by atoms with Crippen molar-refractivity contribution >= 4 is 34.2 Å². The molecule has 1 aliphatic rings. The molecule has 0 fully saturated rings. The van der Waals surface area contributed by atoms with E-state index >= 15 is 0 Å². The standard InChI is InChI=1S/C35H37N3O3/c1-3-25(2)36-34(40)31(23-26-13-6-4-7-14-26)38(24-27-15-8-5-9-16-27)32(39)21-12-22-37-30-20-11-18-28-17-10-19-29(33(28)30)35(37)41/h4-11,13-20,25,31H,3,12,21-24H2,1-2H3,(H,36,40)/t25-,31+/m1/s1. The van der Waals surface area contributed by atoms with Gasteiger partial charge in [0.1, 0.15) is 6.04 Å². The van der Waals surface area contributed by atoms with E-state index in [9.17, 15) is 14.4 Å². The second-order valence-corrected chi connectivity index (χ2v) is 10.8. The maximum atomic E-state index is 13.9. The Balaban J connectivity index is 1.36. The molecule has 5 rings (SSSR count). The average Bonchev–Trinajstić information content (AvgIpc) is 3.27. The lowest BCUT2D eigenvalue weighted by Gasteiger charge is -2.32. The monoisotopic (exact) mass is 547 g/mol. The molecule has 41 heavy (non-hydrogen) atoms. The van der Waals surface area contributed by atoms with Gasteiger partial charge in [-0.1, -0.05) is 91.9 Å². The summed E-state index contributed by atoms with van der Waals surface area (Å²) in [6.45, 7) is 4.77. The fourth-order valence-corrected chi connectivity index (χ4v) is 5.51. The highest BCUT2D eigenvalue weighted by Crippen LogP contribution is 2.37. The van der Waals surface area contributed by atoms with Crippen LogP contribution in [-0.2, 0) is 22.6 Å². The number of benzene rings is 4. The van der Waals surface area contributed by atoms with Gasteiger partial charge >= 0.3 is 0 Å². The number of hydrogen-bond acceptors (Lipinski definition) is 3. The Hall–Kier alpha value is -4.45. The highest BCUT2D eigenvalue weighted by Gasteiger charge is 2.32. The van der Waals surface area contributed by atoms with E-state index in [1.165, 1.54) is 0 Å². The highest BCUT2D eigenvalue weighted by molar-refractivity contribution is 6.25. The number of nitrogens with zero attached hydrogens (tertiary/aromatic N) is 2. The van der Waals surface area contributed by atoms with Crippen LogP contribution in [0.5, 0.6) is 0 Å². The molecule has 6 heteroatoms. The Labute approximate surface area is 242 Å². The van der Waals surface area contributed by atoms with Gasteiger partial charge in [0.15, 0.2) is 0 Å². The average molecular weight is 548 g/mol. The minimum Gasteiger partial charge on any atom is -0.352 e. The minimum atomic E-state index is -0.662. The summed E-state index contributed by atoms with van der Waals surface area (Å²) in [6, 6.07) is 30.7. The third-order valence-electron chi connectivity index (χ3n) is 7.89. The molecule has 1 aliphatic heterocycles. The second-order valence-electron chi connectivity index (χ2n) is 10.8. The van der Waals surface area contributed by atoms with Gasteiger partial charge < -0.3 is 15.1 Å². The maximum Gasteiger partial charge on any atom is 0.258 e. The zero-order valence-corrected chi connectivity index (χ0v) is 23.8. The van der Waals surface area contributed by atoms with Gasteiger partial charge in [0.25, 0.3) is 5.91 Å². The van der Waals surface area contributed by atoms with Crippen molar-refractivity contribution in [2.24, 2.45) is 0 Å². The molecule has 0 radical (unpaired) electrons. The fraction of sp³-hybridized carbons (Fsp3) is 0.286. The van der Waals surface area contributed by atoms with E-state index in [-0.39, 0.29) is 30.2 Å². The van der Waals surface area contributed by atoms with Crippen LogP contribution < -0.4 is 10.2 Å². The molecule has 2 atom stereocenters. The molecule has 4 aromatic carbocycles. The van der Waals surface area contributed by atoms with E-state index in [1.54, 1.807) is 9.80 Å². The van der Waals surface area contributed by atoms with E-state index < -0.39 is 6.04 Å². The van der Waals surface area contributed by atoms with E-state index in [2.05, 4.69) is 5.32 Å². The lowest BCUT2D eigenvalue weighted by molar-refractivity contribution is -0.141. The van der Waals surface area contributed by atoms with Gasteiger partial charge in [0.05, 0.1) is 5.69 Å². The van der Waals surface area contributed by atoms with Crippen molar-refractivity contribution in [2.45, 2.75) is 58.2 Å². The predicted octanol–water partition coefficient (Wildman–Crippen LogP) is 6.14. The van der Waals surface area contributed by atoms with Crippen molar-refractivity contribution in [3.8, 4) is 0 Å². The fourth-order valence-electron chi connectivity index (χ4n) is 5.51. The van der Waals surface area contributed by atoms with Crippen LogP contribution in [0.4, 0.5) is 5.69 Å². The zero-order chi connectivity index (χ0) is 28.8. The zero-order valence-electron chi connectivity index (χ0n) is 23.8. The Morgan fingerprint density at radius 3 is 2.20 bits per heavy atom. The summed E-state index contributed by atoms with van der Waals surface area (Å²) < 4.78 is 0. The maximum absolute atomic E-state index is 13.9. The summed E-state index contributed by atoms with van der Waals surface area (Å²) in [4.78, 5) is 44.3. The van der Waals surface area contributed by atoms with Crippen LogP contribution in [0.1, 0.15) is 54.6 Å². The number of rotatable bonds is 12. The van der Waals surface area contributed by atoms with Crippen molar-refractivity contribution in [2.75, 3.05) is 11.4 Å². The number of amides is 3. The lowest BCUT2D eigenvalue weighted by Crippen LogP contribution is -2.52. The summed E-state index contributed by atoms with van der Waals surface area (Å²) in [5, 5.41) is 5.13. The molecular formula is C35H37N3O3. The topological polar surface area (TPSA) is 69.7 Å². The van der Waals surface area contributed by atoms with Crippen LogP contribution >= 0.6 is 0 Å². The first-order valence-electron chi connectivity index (χ1n) is 14.5. The van der Waals surface area contributed by atoms with Crippen LogP contribution in [0.2, 0.25) is 0 Å². The number of hydrogen-bond donors (Lipinski definition) is 1. The van der Waals surface area contributed by atoms with Gasteiger partial charge in [-0.2, -0.15) is 0 Å². The molecule has 210 valence electrons. The normalized spacial score (nSPS) is 13.7. The molecule has 0 unspecified atom stereocenters. The first-order chi connectivity index (χ1) is 20.0. The first kappa shape index (κ1) is 28.1. The molecular weight excluding hydrogens is 510 g/mol. The third-order valence-corrected chi connectivity index (χ3v) is 7.89. The SMILES string of the molecule is CC[C@@H](C)NC(=O)[C@H](Cc1ccccc1)N(Cc1ccccc1)C(=O)CCCN1C(=O)c2cccc3cccc1c23. The van der Waals surface area contributed by atoms with E-state index in [4.69, 9.17) is 0 Å². The molecule has 1 heterocycles. The van der Waals surface area contributed by atoms with Gasteiger partial charge in [-0.05, 0) is 48.4 Å². The molecule has 0 spiro atoms. The Kier molecular flexibility index (Phi) is 8.78. The smallest absolute Gasteiger partial charge is 0.258 e. The molecule has 1 N–H and O–H groups in total. The van der Waals surface area contributed by atoms with Crippen LogP contribution in [0.3, 0.4) is 0 Å². The Morgan fingerprint density at radius 1 is 0.854 bits per heavy atom. The third kappa shape index (κ3) is 6.32. The number of anilines is 1. The predicted molar refractivity (Wildman–Crippen MR) is 164 cm³/mol. The van der Waals surface area contributed by atoms with Crippen LogP contribution in [0.25, 0.3) is 10.8 Å². The molecule has 0 saturated heterocycles. The summed E-state index contributed by atoms with van der Waals surface area (Å²) in [5.74, 6) is -0.277. The Morgan fingerprint density at radius 2 is 1.51 bits per heavy atom. The van der Waals surface area contributed by atoms with E-state index in [0.717, 1.165) is 34.0 Å². The number of nitrogens with one attached hydrogen (secondary N) is 1. The van der Waals surface area contributed by atoms with Gasteiger partial charge in [-0.3, -0.25) is 14.4 Å². The van der Waals surface area contributed by atoms with E-state index in [0.29, 0.717) is 31.5 Å². The first-order valence-corrected chi connectivity index (χ1v) is 14.5. The van der Waals surface area contributed by atoms with Crippen molar-refractivity contribution in [3.63, 3.8) is 0 Å². The molecule has 0 bridgehead atoms. The van der Waals surface area contributed by atoms with Crippen LogP contribution in [0, 0.1) is 0 Å². The number of carbonyl (C=O) groups excluding carboxylic acids is 3. The molecule has 0 saturated carbocycles. The summed E-state index contributed by atoms with van der Waals surface area (Å²) >= 11 is 0. The Bertz CT molecular complexity index is 1510. The van der Waals surface area contributed by atoms with Crippen molar-refractivity contribution in [1.29, 1.82) is 0 Å². The van der Waals surface area contributed by atoms with Gasteiger partial charge in [0.2, 0.25) is 11.8 Å².